The number of ether oxygens (including phenoxy) is 1. The molecule has 148 valence electrons. The van der Waals surface area contributed by atoms with Gasteiger partial charge < -0.3 is 18.9 Å². The number of rotatable bonds is 2. The van der Waals surface area contributed by atoms with Gasteiger partial charge in [0.05, 0.1) is 11.6 Å². The van der Waals surface area contributed by atoms with E-state index in [1.54, 1.807) is 0 Å². The largest absolute Gasteiger partial charge is 0.494 e. The summed E-state index contributed by atoms with van der Waals surface area (Å²) in [7, 11) is -0.344. The SMILES string of the molecule is C[C@H]1CC(C)(C)OB(c2ccc([C@H]3CCCN3C(=O)OC(C)(C)C)cc2)O1. The minimum Gasteiger partial charge on any atom is -0.444 e. The monoisotopic (exact) mass is 373 g/mol. The van der Waals surface area contributed by atoms with Gasteiger partial charge in [0, 0.05) is 12.6 Å². The first-order valence-corrected chi connectivity index (χ1v) is 9.97. The highest BCUT2D eigenvalue weighted by atomic mass is 16.6. The van der Waals surface area contributed by atoms with Crippen LogP contribution in [0.3, 0.4) is 0 Å². The van der Waals surface area contributed by atoms with E-state index in [1.807, 2.05) is 25.7 Å². The first kappa shape index (κ1) is 20.2. The molecule has 2 saturated heterocycles. The second-order valence-electron chi connectivity index (χ2n) is 9.36. The Hall–Kier alpha value is -1.53. The van der Waals surface area contributed by atoms with Gasteiger partial charge in [-0.15, -0.1) is 0 Å². The lowest BCUT2D eigenvalue weighted by molar-refractivity contribution is -0.0230. The molecule has 3 rings (SSSR count). The number of benzene rings is 1. The molecule has 2 aliphatic rings. The van der Waals surface area contributed by atoms with Gasteiger partial charge in [-0.1, -0.05) is 24.3 Å². The van der Waals surface area contributed by atoms with E-state index in [2.05, 4.69) is 45.0 Å². The van der Waals surface area contributed by atoms with Crippen LogP contribution in [0.2, 0.25) is 0 Å². The number of amides is 1. The lowest BCUT2D eigenvalue weighted by atomic mass is 9.74. The van der Waals surface area contributed by atoms with E-state index in [1.165, 1.54) is 0 Å². The van der Waals surface area contributed by atoms with Crippen molar-refractivity contribution in [1.29, 1.82) is 0 Å². The molecule has 5 nitrogen and oxygen atoms in total. The lowest BCUT2D eigenvalue weighted by Crippen LogP contribution is -2.51. The van der Waals surface area contributed by atoms with Crippen molar-refractivity contribution in [2.24, 2.45) is 0 Å². The van der Waals surface area contributed by atoms with Crippen LogP contribution in [0.5, 0.6) is 0 Å². The van der Waals surface area contributed by atoms with Crippen molar-refractivity contribution in [2.45, 2.75) is 84.2 Å². The first-order chi connectivity index (χ1) is 12.5. The quantitative estimate of drug-likeness (QED) is 0.734. The fourth-order valence-corrected chi connectivity index (χ4v) is 3.99. The standard InChI is InChI=1S/C21H32BNO4/c1-15-14-21(5,6)27-22(26-15)17-11-9-16(10-12-17)18-8-7-13-23(18)19(24)25-20(2,3)4/h9-12,15,18H,7-8,13-14H2,1-6H3/t15-,18+/m0/s1. The highest BCUT2D eigenvalue weighted by Crippen LogP contribution is 2.33. The summed E-state index contributed by atoms with van der Waals surface area (Å²) in [5.74, 6) is 0. The molecule has 0 bridgehead atoms. The van der Waals surface area contributed by atoms with Crippen molar-refractivity contribution in [3.05, 3.63) is 29.8 Å². The van der Waals surface area contributed by atoms with Crippen LogP contribution in [0.4, 0.5) is 4.79 Å². The molecule has 6 heteroatoms. The maximum absolute atomic E-state index is 12.5. The van der Waals surface area contributed by atoms with Gasteiger partial charge >= 0.3 is 13.2 Å². The third-order valence-corrected chi connectivity index (χ3v) is 5.04. The smallest absolute Gasteiger partial charge is 0.444 e. The van der Waals surface area contributed by atoms with Crippen molar-refractivity contribution in [3.8, 4) is 0 Å². The van der Waals surface area contributed by atoms with Crippen LogP contribution in [0, 0.1) is 0 Å². The molecule has 1 amide bonds. The van der Waals surface area contributed by atoms with E-state index in [9.17, 15) is 4.79 Å². The molecule has 0 aromatic heterocycles. The molecular formula is C21H32BNO4. The number of likely N-dealkylation sites (tertiary alicyclic amines) is 1. The van der Waals surface area contributed by atoms with Crippen LogP contribution in [0.25, 0.3) is 0 Å². The van der Waals surface area contributed by atoms with Crippen molar-refractivity contribution in [2.75, 3.05) is 6.54 Å². The molecule has 0 radical (unpaired) electrons. The summed E-state index contributed by atoms with van der Waals surface area (Å²) in [5.41, 5.74) is 1.47. The molecule has 1 aromatic rings. The summed E-state index contributed by atoms with van der Waals surface area (Å²) in [6.07, 6.45) is 2.76. The second-order valence-corrected chi connectivity index (χ2v) is 9.36. The number of carbonyl (C=O) groups is 1. The molecular weight excluding hydrogens is 341 g/mol. The fourth-order valence-electron chi connectivity index (χ4n) is 3.99. The Balaban J connectivity index is 1.72. The molecule has 0 saturated carbocycles. The molecule has 2 aliphatic heterocycles. The molecule has 0 aliphatic carbocycles. The fraction of sp³-hybridized carbons (Fsp3) is 0.667. The average Bonchev–Trinajstić information content (AvgIpc) is 3.01. The van der Waals surface area contributed by atoms with E-state index in [4.69, 9.17) is 14.0 Å². The van der Waals surface area contributed by atoms with Gasteiger partial charge in [-0.25, -0.2) is 4.79 Å². The van der Waals surface area contributed by atoms with E-state index >= 15 is 0 Å². The number of hydrogen-bond acceptors (Lipinski definition) is 4. The van der Waals surface area contributed by atoms with Gasteiger partial charge in [0.1, 0.15) is 5.60 Å². The maximum Gasteiger partial charge on any atom is 0.494 e. The van der Waals surface area contributed by atoms with Crippen molar-refractivity contribution < 1.29 is 18.8 Å². The Morgan fingerprint density at radius 1 is 1.26 bits per heavy atom. The van der Waals surface area contributed by atoms with Crippen molar-refractivity contribution in [1.82, 2.24) is 4.90 Å². The average molecular weight is 373 g/mol. The summed E-state index contributed by atoms with van der Waals surface area (Å²) >= 11 is 0. The summed E-state index contributed by atoms with van der Waals surface area (Å²) in [6.45, 7) is 12.7. The molecule has 0 N–H and O–H groups in total. The molecule has 27 heavy (non-hydrogen) atoms. The minimum absolute atomic E-state index is 0.0671. The summed E-state index contributed by atoms with van der Waals surface area (Å²) in [6, 6.07) is 8.35. The lowest BCUT2D eigenvalue weighted by Gasteiger charge is -2.38. The maximum atomic E-state index is 12.5. The van der Waals surface area contributed by atoms with E-state index < -0.39 is 5.60 Å². The van der Waals surface area contributed by atoms with E-state index in [0.717, 1.165) is 36.8 Å². The number of nitrogens with zero attached hydrogens (tertiary/aromatic N) is 1. The topological polar surface area (TPSA) is 48.0 Å². The Morgan fingerprint density at radius 3 is 2.52 bits per heavy atom. The zero-order valence-electron chi connectivity index (χ0n) is 17.5. The van der Waals surface area contributed by atoms with E-state index in [0.29, 0.717) is 0 Å². The van der Waals surface area contributed by atoms with Crippen LogP contribution in [-0.4, -0.2) is 42.0 Å². The summed E-state index contributed by atoms with van der Waals surface area (Å²) in [5, 5.41) is 0. The van der Waals surface area contributed by atoms with Gasteiger partial charge in [0.15, 0.2) is 0 Å². The molecule has 0 spiro atoms. The molecule has 2 atom stereocenters. The van der Waals surface area contributed by atoms with Gasteiger partial charge in [0.2, 0.25) is 0 Å². The predicted octanol–water partition coefficient (Wildman–Crippen LogP) is 4.06. The van der Waals surface area contributed by atoms with Crippen LogP contribution >= 0.6 is 0 Å². The summed E-state index contributed by atoms with van der Waals surface area (Å²) in [4.78, 5) is 14.4. The highest BCUT2D eigenvalue weighted by molar-refractivity contribution is 6.61. The number of carbonyl (C=O) groups excluding carboxylic acids is 1. The van der Waals surface area contributed by atoms with Crippen LogP contribution in [0.1, 0.15) is 72.4 Å². The zero-order chi connectivity index (χ0) is 19.8. The normalized spacial score (nSPS) is 25.6. The first-order valence-electron chi connectivity index (χ1n) is 9.97. The van der Waals surface area contributed by atoms with Crippen molar-refractivity contribution >= 4 is 18.7 Å². The number of hydrogen-bond donors (Lipinski definition) is 0. The Morgan fingerprint density at radius 2 is 1.93 bits per heavy atom. The van der Waals surface area contributed by atoms with Crippen LogP contribution < -0.4 is 5.46 Å². The predicted molar refractivity (Wildman–Crippen MR) is 107 cm³/mol. The minimum atomic E-state index is -0.479. The Labute approximate surface area is 163 Å². The van der Waals surface area contributed by atoms with Gasteiger partial charge in [-0.3, -0.25) is 0 Å². The molecule has 2 heterocycles. The summed E-state index contributed by atoms with van der Waals surface area (Å²) < 4.78 is 17.7. The van der Waals surface area contributed by atoms with Crippen molar-refractivity contribution in [3.63, 3.8) is 0 Å². The van der Waals surface area contributed by atoms with Gasteiger partial charge in [-0.05, 0) is 71.8 Å². The Bertz CT molecular complexity index is 668. The third kappa shape index (κ3) is 5.05. The molecule has 1 aromatic carbocycles. The second kappa shape index (κ2) is 7.48. The van der Waals surface area contributed by atoms with Gasteiger partial charge in [-0.2, -0.15) is 0 Å². The zero-order valence-corrected chi connectivity index (χ0v) is 17.5. The molecule has 2 fully saturated rings. The third-order valence-electron chi connectivity index (χ3n) is 5.04. The Kier molecular flexibility index (Phi) is 5.60. The van der Waals surface area contributed by atoms with Crippen LogP contribution in [-0.2, 0) is 14.0 Å². The van der Waals surface area contributed by atoms with E-state index in [-0.39, 0.29) is 31.0 Å². The van der Waals surface area contributed by atoms with Crippen LogP contribution in [0.15, 0.2) is 24.3 Å². The molecule has 0 unspecified atom stereocenters. The van der Waals surface area contributed by atoms with Gasteiger partial charge in [0.25, 0.3) is 0 Å². The highest BCUT2D eigenvalue weighted by Gasteiger charge is 2.38.